The highest BCUT2D eigenvalue weighted by Crippen LogP contribution is 2.29. The Kier molecular flexibility index (Phi) is 18.5. The first-order valence-corrected chi connectivity index (χ1v) is 20.8. The summed E-state index contributed by atoms with van der Waals surface area (Å²) in [5.41, 5.74) is 0.578. The first kappa shape index (κ1) is 51.6. The maximum absolute atomic E-state index is 12.5. The Morgan fingerprint density at radius 3 is 1.11 bits per heavy atom. The third-order valence-electron chi connectivity index (χ3n) is 8.20. The van der Waals surface area contributed by atoms with Gasteiger partial charge in [-0.1, -0.05) is 48.5 Å². The summed E-state index contributed by atoms with van der Waals surface area (Å²) in [6, 6.07) is 23.1. The van der Waals surface area contributed by atoms with E-state index >= 15 is 0 Å². The van der Waals surface area contributed by atoms with Crippen LogP contribution in [0.5, 0.6) is 0 Å². The summed E-state index contributed by atoms with van der Waals surface area (Å²) in [5, 5.41) is 11.7. The van der Waals surface area contributed by atoms with Gasteiger partial charge in [0.1, 0.15) is 16.8 Å². The molecule has 0 saturated heterocycles. The van der Waals surface area contributed by atoms with Crippen molar-refractivity contribution in [3.05, 3.63) is 108 Å². The third kappa shape index (κ3) is 18.3. The highest BCUT2D eigenvalue weighted by Gasteiger charge is 2.35. The molecule has 0 atom stereocenters. The Morgan fingerprint density at radius 1 is 0.509 bits per heavy atom. The monoisotopic (exact) mass is 1010 g/mol. The molecule has 0 bridgehead atoms. The number of ether oxygens (including phenoxy) is 3. The molecule has 0 saturated carbocycles. The Labute approximate surface area is 368 Å². The average Bonchev–Trinajstić information content (AvgIpc) is 3.03. The lowest BCUT2D eigenvalue weighted by Crippen LogP contribution is -2.36. The molecule has 0 aromatic heterocycles. The average molecular weight is 1010 g/mol. The molecule has 0 fully saturated rings. The van der Waals surface area contributed by atoms with E-state index in [1.807, 2.05) is 169 Å². The lowest BCUT2D eigenvalue weighted by atomic mass is 9.84. The van der Waals surface area contributed by atoms with Crippen molar-refractivity contribution < 1.29 is 38.5 Å². The molecular formula is C46H63I2NO8. The summed E-state index contributed by atoms with van der Waals surface area (Å²) in [4.78, 5) is 47.3. The quantitative estimate of drug-likeness (QED) is 0.130. The molecule has 0 heterocycles. The maximum Gasteiger partial charge on any atom is 0.411 e. The van der Waals surface area contributed by atoms with Gasteiger partial charge in [-0.05, 0) is 209 Å². The van der Waals surface area contributed by atoms with E-state index in [0.29, 0.717) is 5.70 Å². The number of nitrogens with one attached hydrogen (secondary N) is 1. The highest BCUT2D eigenvalue weighted by molar-refractivity contribution is 14.1. The molecule has 11 heteroatoms. The second-order valence-electron chi connectivity index (χ2n) is 18.3. The number of hydrogen-bond acceptors (Lipinski definition) is 7. The van der Waals surface area contributed by atoms with Gasteiger partial charge in [-0.2, -0.15) is 0 Å². The molecule has 314 valence electrons. The number of aliphatic carboxylic acids is 1. The van der Waals surface area contributed by atoms with Crippen LogP contribution in [-0.2, 0) is 44.8 Å². The van der Waals surface area contributed by atoms with Crippen LogP contribution in [0.4, 0.5) is 4.79 Å². The molecule has 0 spiro atoms. The van der Waals surface area contributed by atoms with E-state index in [0.717, 1.165) is 29.4 Å². The van der Waals surface area contributed by atoms with E-state index in [-0.39, 0.29) is 11.9 Å². The number of carboxylic acids is 1. The predicted molar refractivity (Wildman–Crippen MR) is 246 cm³/mol. The fourth-order valence-corrected chi connectivity index (χ4v) is 5.37. The van der Waals surface area contributed by atoms with Crippen LogP contribution in [0.2, 0.25) is 0 Å². The van der Waals surface area contributed by atoms with Crippen molar-refractivity contribution >= 4 is 75.3 Å². The van der Waals surface area contributed by atoms with Crippen molar-refractivity contribution in [2.75, 3.05) is 0 Å². The van der Waals surface area contributed by atoms with Crippen LogP contribution in [0, 0.1) is 7.14 Å². The minimum Gasteiger partial charge on any atom is -0.481 e. The second-order valence-corrected chi connectivity index (χ2v) is 20.8. The largest absolute Gasteiger partial charge is 0.481 e. The summed E-state index contributed by atoms with van der Waals surface area (Å²) in [6.45, 7) is 29.4. The summed E-state index contributed by atoms with van der Waals surface area (Å²) >= 11 is 4.44. The normalized spacial score (nSPS) is 12.5. The van der Waals surface area contributed by atoms with Gasteiger partial charge in [0.15, 0.2) is 0 Å². The van der Waals surface area contributed by atoms with Crippen molar-refractivity contribution in [2.24, 2.45) is 0 Å². The van der Waals surface area contributed by atoms with Crippen LogP contribution in [0.1, 0.15) is 133 Å². The fourth-order valence-electron chi connectivity index (χ4n) is 4.65. The van der Waals surface area contributed by atoms with Crippen molar-refractivity contribution in [2.45, 2.75) is 144 Å². The molecule has 2 N–H and O–H groups in total. The van der Waals surface area contributed by atoms with Gasteiger partial charge in [-0.3, -0.25) is 19.7 Å². The maximum atomic E-state index is 12.5. The van der Waals surface area contributed by atoms with Crippen LogP contribution in [-0.4, -0.2) is 45.9 Å². The number of amides is 1. The molecule has 0 aliphatic rings. The molecule has 0 unspecified atom stereocenters. The molecule has 3 aromatic rings. The van der Waals surface area contributed by atoms with E-state index in [9.17, 15) is 19.2 Å². The number of rotatable bonds is 8. The summed E-state index contributed by atoms with van der Waals surface area (Å²) in [6.07, 6.45) is 1.35. The summed E-state index contributed by atoms with van der Waals surface area (Å²) < 4.78 is 18.5. The Bertz CT molecular complexity index is 1840. The molecule has 0 aliphatic carbocycles. The zero-order chi connectivity index (χ0) is 44.4. The molecule has 9 nitrogen and oxygen atoms in total. The van der Waals surface area contributed by atoms with Gasteiger partial charge < -0.3 is 19.3 Å². The highest BCUT2D eigenvalue weighted by atomic mass is 127. The Hall–Kier alpha value is -3.46. The third-order valence-corrected chi connectivity index (χ3v) is 9.64. The molecule has 3 rings (SSSR count). The fraction of sp³-hybridized carbons (Fsp3) is 0.478. The van der Waals surface area contributed by atoms with E-state index < -0.39 is 45.1 Å². The van der Waals surface area contributed by atoms with Gasteiger partial charge in [0.2, 0.25) is 0 Å². The number of carbonyl (C=O) groups excluding carboxylic acids is 3. The van der Waals surface area contributed by atoms with E-state index in [4.69, 9.17) is 19.3 Å². The van der Waals surface area contributed by atoms with Crippen molar-refractivity contribution in [3.63, 3.8) is 0 Å². The zero-order valence-corrected chi connectivity index (χ0v) is 40.9. The lowest BCUT2D eigenvalue weighted by Gasteiger charge is -2.28. The van der Waals surface area contributed by atoms with Gasteiger partial charge in [0, 0.05) is 12.8 Å². The molecule has 1 amide bonds. The van der Waals surface area contributed by atoms with Gasteiger partial charge >= 0.3 is 24.0 Å². The van der Waals surface area contributed by atoms with Gasteiger partial charge in [-0.25, -0.2) is 4.79 Å². The first-order chi connectivity index (χ1) is 25.7. The minimum absolute atomic E-state index is 0.189. The number of esters is 2. The summed E-state index contributed by atoms with van der Waals surface area (Å²) in [5.74, 6) is -1.25. The van der Waals surface area contributed by atoms with Crippen LogP contribution in [0.15, 0.2) is 78.5 Å². The smallest absolute Gasteiger partial charge is 0.411 e. The Morgan fingerprint density at radius 2 is 0.807 bits per heavy atom. The number of halogens is 2. The van der Waals surface area contributed by atoms with Gasteiger partial charge in [0.05, 0.1) is 16.2 Å². The second kappa shape index (κ2) is 20.5. The number of hydrogen-bond donors (Lipinski definition) is 2. The molecule has 3 aromatic carbocycles. The van der Waals surface area contributed by atoms with Crippen molar-refractivity contribution in [3.8, 4) is 0 Å². The molecule has 57 heavy (non-hydrogen) atoms. The Balaban J connectivity index is 0.000000462. The number of benzene rings is 3. The van der Waals surface area contributed by atoms with Crippen LogP contribution in [0.3, 0.4) is 0 Å². The van der Waals surface area contributed by atoms with Crippen molar-refractivity contribution in [1.29, 1.82) is 0 Å². The van der Waals surface area contributed by atoms with Crippen LogP contribution in [0.25, 0.3) is 6.08 Å². The van der Waals surface area contributed by atoms with Crippen LogP contribution < -0.4 is 5.32 Å². The minimum atomic E-state index is -0.801. The number of alkyl carbamates (subject to hydrolysis) is 1. The van der Waals surface area contributed by atoms with E-state index in [1.54, 1.807) is 20.8 Å². The predicted octanol–water partition coefficient (Wildman–Crippen LogP) is 11.8. The first-order valence-electron chi connectivity index (χ1n) is 18.7. The van der Waals surface area contributed by atoms with Crippen LogP contribution >= 0.6 is 45.2 Å². The molecular weight excluding hydrogens is 948 g/mol. The number of carbonyl (C=O) groups is 4. The molecule has 0 radical (unpaired) electrons. The van der Waals surface area contributed by atoms with Gasteiger partial charge in [0.25, 0.3) is 0 Å². The lowest BCUT2D eigenvalue weighted by molar-refractivity contribution is -0.161. The standard InChI is InChI=1S/C22H33NO4.C14H19IO2.C10H11IO2/c1-15(23-19(25)27-21(5,6)7)14-16-10-12-17(13-11-16)22(8,9)18(24)26-20(2,3)4;1-13(2,3)17-12(16)14(4,5)10-6-8-11(15)9-7-10;1-10(2,9(12)13)7-3-5-8(11)6-4-7/h10-14H,1-9H3,(H,23,25);6-9H,1-5H3;3-6H,1-2H3,(H,12,13)/b15-14-;;. The SMILES string of the molecule is C/C(=C/c1ccc(C(C)(C)C(=O)OC(C)(C)C)cc1)NC(=O)OC(C)(C)C.CC(C)(C(=O)O)c1ccc(I)cc1.CC(C)(C)OC(=O)C(C)(C)c1ccc(I)cc1. The number of allylic oxidation sites excluding steroid dienone is 1. The summed E-state index contributed by atoms with van der Waals surface area (Å²) in [7, 11) is 0. The molecule has 0 aliphatic heterocycles. The van der Waals surface area contributed by atoms with E-state index in [1.165, 1.54) is 0 Å². The van der Waals surface area contributed by atoms with Crippen molar-refractivity contribution in [1.82, 2.24) is 5.32 Å². The zero-order valence-electron chi connectivity index (χ0n) is 36.6. The van der Waals surface area contributed by atoms with Gasteiger partial charge in [-0.15, -0.1) is 0 Å². The number of carboxylic acid groups (broad SMARTS) is 1. The van der Waals surface area contributed by atoms with E-state index in [2.05, 4.69) is 50.5 Å². The topological polar surface area (TPSA) is 128 Å².